The van der Waals surface area contributed by atoms with Crippen molar-refractivity contribution in [1.82, 2.24) is 5.32 Å². The molecule has 20 heavy (non-hydrogen) atoms. The molecule has 1 aromatic heterocycles. The third kappa shape index (κ3) is 3.87. The Morgan fingerprint density at radius 3 is 2.65 bits per heavy atom. The summed E-state index contributed by atoms with van der Waals surface area (Å²) in [6.07, 6.45) is 1.46. The molecule has 2 aromatic rings. The van der Waals surface area contributed by atoms with Gasteiger partial charge in [0.25, 0.3) is 5.91 Å². The fourth-order valence-electron chi connectivity index (χ4n) is 1.64. The molecule has 1 aromatic carbocycles. The molecule has 0 spiro atoms. The molecule has 0 aliphatic heterocycles. The highest BCUT2D eigenvalue weighted by molar-refractivity contribution is 9.10. The van der Waals surface area contributed by atoms with E-state index in [0.717, 1.165) is 5.75 Å². The molecule has 5 heteroatoms. The molecule has 0 radical (unpaired) electrons. The number of benzene rings is 1. The summed E-state index contributed by atoms with van der Waals surface area (Å²) in [7, 11) is 0. The lowest BCUT2D eigenvalue weighted by atomic mass is 10.2. The smallest absolute Gasteiger partial charge is 0.288 e. The number of carbonyl (C=O) groups excluding carboxylic acids is 1. The van der Waals surface area contributed by atoms with Crippen molar-refractivity contribution in [2.45, 2.75) is 19.9 Å². The molecule has 1 amide bonds. The number of rotatable bonds is 5. The maximum absolute atomic E-state index is 11.9. The molecule has 0 bridgehead atoms. The Kier molecular flexibility index (Phi) is 4.84. The second kappa shape index (κ2) is 6.61. The normalized spacial score (nSPS) is 11.9. The van der Waals surface area contributed by atoms with Crippen molar-refractivity contribution >= 4 is 21.8 Å². The molecule has 106 valence electrons. The lowest BCUT2D eigenvalue weighted by Gasteiger charge is -2.14. The third-order valence-corrected chi connectivity index (χ3v) is 3.35. The first-order valence-electron chi connectivity index (χ1n) is 6.29. The van der Waals surface area contributed by atoms with E-state index in [1.54, 1.807) is 6.07 Å². The van der Waals surface area contributed by atoms with E-state index in [2.05, 4.69) is 21.2 Å². The summed E-state index contributed by atoms with van der Waals surface area (Å²) in [4.78, 5) is 11.9. The van der Waals surface area contributed by atoms with Gasteiger partial charge in [0.2, 0.25) is 5.76 Å². The van der Waals surface area contributed by atoms with Crippen LogP contribution in [0, 0.1) is 6.92 Å². The van der Waals surface area contributed by atoms with Gasteiger partial charge in [-0.2, -0.15) is 0 Å². The van der Waals surface area contributed by atoms with Crippen LogP contribution in [-0.2, 0) is 0 Å². The molecule has 1 heterocycles. The largest absolute Gasteiger partial charge is 0.491 e. The number of hydrogen-bond donors (Lipinski definition) is 1. The van der Waals surface area contributed by atoms with Gasteiger partial charge in [0.1, 0.15) is 12.4 Å². The van der Waals surface area contributed by atoms with Gasteiger partial charge in [-0.1, -0.05) is 17.7 Å². The summed E-state index contributed by atoms with van der Waals surface area (Å²) in [6, 6.07) is 9.35. The molecule has 0 fully saturated rings. The summed E-state index contributed by atoms with van der Waals surface area (Å²) >= 11 is 3.25. The Balaban J connectivity index is 1.83. The van der Waals surface area contributed by atoms with E-state index in [9.17, 15) is 4.79 Å². The first-order chi connectivity index (χ1) is 9.56. The van der Waals surface area contributed by atoms with Crippen LogP contribution in [0.4, 0.5) is 0 Å². The van der Waals surface area contributed by atoms with Gasteiger partial charge >= 0.3 is 0 Å². The molecule has 1 N–H and O–H groups in total. The summed E-state index contributed by atoms with van der Waals surface area (Å²) in [5.74, 6) is 0.796. The molecule has 2 rings (SSSR count). The Hall–Kier alpha value is -1.75. The van der Waals surface area contributed by atoms with Crippen molar-refractivity contribution in [3.63, 3.8) is 0 Å². The zero-order chi connectivity index (χ0) is 14.5. The van der Waals surface area contributed by atoms with Gasteiger partial charge in [0, 0.05) is 0 Å². The topological polar surface area (TPSA) is 51.5 Å². The second-order valence-electron chi connectivity index (χ2n) is 4.60. The van der Waals surface area contributed by atoms with Gasteiger partial charge in [0.05, 0.1) is 16.8 Å². The van der Waals surface area contributed by atoms with E-state index in [1.165, 1.54) is 11.8 Å². The zero-order valence-corrected chi connectivity index (χ0v) is 12.9. The lowest BCUT2D eigenvalue weighted by Crippen LogP contribution is -2.36. The number of furan rings is 1. The fraction of sp³-hybridized carbons (Fsp3) is 0.267. The van der Waals surface area contributed by atoms with Crippen LogP contribution in [0.1, 0.15) is 23.0 Å². The summed E-state index contributed by atoms with van der Waals surface area (Å²) in [5.41, 5.74) is 1.18. The van der Waals surface area contributed by atoms with Crippen molar-refractivity contribution in [2.24, 2.45) is 0 Å². The second-order valence-corrected chi connectivity index (χ2v) is 5.45. The van der Waals surface area contributed by atoms with E-state index >= 15 is 0 Å². The van der Waals surface area contributed by atoms with Crippen LogP contribution in [0.25, 0.3) is 0 Å². The molecule has 0 aliphatic carbocycles. The SMILES string of the molecule is Cc1ccc(OC[C@H](C)NC(=O)c2occc2Br)cc1. The zero-order valence-electron chi connectivity index (χ0n) is 11.4. The van der Waals surface area contributed by atoms with E-state index in [1.807, 2.05) is 38.1 Å². The highest BCUT2D eigenvalue weighted by Gasteiger charge is 2.16. The molecule has 0 unspecified atom stereocenters. The average molecular weight is 338 g/mol. The van der Waals surface area contributed by atoms with Crippen molar-refractivity contribution in [3.05, 3.63) is 52.4 Å². The Bertz CT molecular complexity index is 577. The van der Waals surface area contributed by atoms with Gasteiger partial charge in [0.15, 0.2) is 0 Å². The lowest BCUT2D eigenvalue weighted by molar-refractivity contribution is 0.0897. The number of ether oxygens (including phenoxy) is 1. The van der Waals surface area contributed by atoms with Gasteiger partial charge in [-0.15, -0.1) is 0 Å². The van der Waals surface area contributed by atoms with Gasteiger partial charge in [-0.25, -0.2) is 0 Å². The van der Waals surface area contributed by atoms with Crippen LogP contribution in [0.5, 0.6) is 5.75 Å². The van der Waals surface area contributed by atoms with Crippen LogP contribution in [-0.4, -0.2) is 18.6 Å². The van der Waals surface area contributed by atoms with Crippen LogP contribution >= 0.6 is 15.9 Å². The molecule has 0 aliphatic rings. The number of aryl methyl sites for hydroxylation is 1. The van der Waals surface area contributed by atoms with E-state index in [0.29, 0.717) is 11.1 Å². The fourth-order valence-corrected chi connectivity index (χ4v) is 2.02. The minimum atomic E-state index is -0.262. The molecule has 0 saturated carbocycles. The van der Waals surface area contributed by atoms with E-state index in [-0.39, 0.29) is 17.7 Å². The quantitative estimate of drug-likeness (QED) is 0.907. The van der Waals surface area contributed by atoms with Gasteiger partial charge in [-0.05, 0) is 48.0 Å². The molecule has 1 atom stereocenters. The first kappa shape index (κ1) is 14.7. The summed E-state index contributed by atoms with van der Waals surface area (Å²) in [5, 5.41) is 2.82. The Labute approximate surface area is 126 Å². The van der Waals surface area contributed by atoms with Crippen LogP contribution < -0.4 is 10.1 Å². The van der Waals surface area contributed by atoms with Crippen LogP contribution in [0.15, 0.2) is 45.5 Å². The maximum Gasteiger partial charge on any atom is 0.288 e. The number of carbonyl (C=O) groups is 1. The Morgan fingerprint density at radius 1 is 1.35 bits per heavy atom. The van der Waals surface area contributed by atoms with Crippen molar-refractivity contribution < 1.29 is 13.9 Å². The number of hydrogen-bond acceptors (Lipinski definition) is 3. The van der Waals surface area contributed by atoms with Crippen LogP contribution in [0.3, 0.4) is 0 Å². The predicted molar refractivity (Wildman–Crippen MR) is 80.0 cm³/mol. The number of amides is 1. The molecule has 4 nitrogen and oxygen atoms in total. The Morgan fingerprint density at radius 2 is 2.05 bits per heavy atom. The van der Waals surface area contributed by atoms with E-state index < -0.39 is 0 Å². The third-order valence-electron chi connectivity index (χ3n) is 2.72. The maximum atomic E-state index is 11.9. The molecule has 0 saturated heterocycles. The van der Waals surface area contributed by atoms with Crippen molar-refractivity contribution in [2.75, 3.05) is 6.61 Å². The van der Waals surface area contributed by atoms with Gasteiger partial charge in [-0.3, -0.25) is 4.79 Å². The monoisotopic (exact) mass is 337 g/mol. The minimum Gasteiger partial charge on any atom is -0.491 e. The highest BCUT2D eigenvalue weighted by Crippen LogP contribution is 2.17. The summed E-state index contributed by atoms with van der Waals surface area (Å²) in [6.45, 7) is 4.30. The summed E-state index contributed by atoms with van der Waals surface area (Å²) < 4.78 is 11.4. The average Bonchev–Trinajstić information content (AvgIpc) is 2.84. The molecular formula is C15H16BrNO3. The van der Waals surface area contributed by atoms with Crippen molar-refractivity contribution in [1.29, 1.82) is 0 Å². The highest BCUT2D eigenvalue weighted by atomic mass is 79.9. The van der Waals surface area contributed by atoms with Gasteiger partial charge < -0.3 is 14.5 Å². The first-order valence-corrected chi connectivity index (χ1v) is 7.09. The minimum absolute atomic E-state index is 0.124. The standard InChI is InChI=1S/C15H16BrNO3/c1-10-3-5-12(6-4-10)20-9-11(2)17-15(18)14-13(16)7-8-19-14/h3-8,11H,9H2,1-2H3,(H,17,18)/t11-/m0/s1. The molecular weight excluding hydrogens is 322 g/mol. The number of nitrogens with one attached hydrogen (secondary N) is 1. The van der Waals surface area contributed by atoms with Crippen molar-refractivity contribution in [3.8, 4) is 5.75 Å². The number of halogens is 1. The van der Waals surface area contributed by atoms with Crippen LogP contribution in [0.2, 0.25) is 0 Å². The van der Waals surface area contributed by atoms with E-state index in [4.69, 9.17) is 9.15 Å². The predicted octanol–water partition coefficient (Wildman–Crippen LogP) is 3.55.